The fourth-order valence-corrected chi connectivity index (χ4v) is 3.19. The van der Waals surface area contributed by atoms with Gasteiger partial charge in [0.2, 0.25) is 0 Å². The summed E-state index contributed by atoms with van der Waals surface area (Å²) in [5.41, 5.74) is -0.557. The van der Waals surface area contributed by atoms with E-state index in [1.165, 1.54) is 25.7 Å². The van der Waals surface area contributed by atoms with E-state index in [4.69, 9.17) is 4.74 Å². The van der Waals surface area contributed by atoms with Gasteiger partial charge in [0.15, 0.2) is 0 Å². The number of esters is 1. The van der Waals surface area contributed by atoms with Gasteiger partial charge in [-0.25, -0.2) is 0 Å². The number of nitrogens with one attached hydrogen (secondary N) is 1. The average molecular weight is 298 g/mol. The lowest BCUT2D eigenvalue weighted by molar-refractivity contribution is -0.151. The molecule has 1 rings (SSSR count). The van der Waals surface area contributed by atoms with E-state index in [-0.39, 0.29) is 5.97 Å². The Kier molecular flexibility index (Phi) is 8.27. The van der Waals surface area contributed by atoms with Crippen LogP contribution in [0.2, 0.25) is 0 Å². The number of hydrogen-bond donors (Lipinski definition) is 1. The van der Waals surface area contributed by atoms with Crippen molar-refractivity contribution in [3.63, 3.8) is 0 Å². The van der Waals surface area contributed by atoms with Crippen molar-refractivity contribution in [1.82, 2.24) is 10.2 Å². The molecule has 1 N–H and O–H groups in total. The van der Waals surface area contributed by atoms with E-state index in [1.807, 2.05) is 13.8 Å². The van der Waals surface area contributed by atoms with E-state index < -0.39 is 5.54 Å². The maximum atomic E-state index is 12.3. The maximum Gasteiger partial charge on any atom is 0.326 e. The number of carbonyl (C=O) groups is 1. The highest BCUT2D eigenvalue weighted by Crippen LogP contribution is 2.24. The smallest absolute Gasteiger partial charge is 0.326 e. The van der Waals surface area contributed by atoms with Crippen molar-refractivity contribution >= 4 is 5.97 Å². The van der Waals surface area contributed by atoms with Gasteiger partial charge in [0.25, 0.3) is 0 Å². The summed E-state index contributed by atoms with van der Waals surface area (Å²) in [6.07, 6.45) is 7.17. The third kappa shape index (κ3) is 5.59. The minimum atomic E-state index is -0.557. The SMILES string of the molecule is CCCNC(C)(CCN(CC)C1CCCC1)C(=O)OCC. The molecule has 1 unspecified atom stereocenters. The third-order valence-electron chi connectivity index (χ3n) is 4.64. The molecular weight excluding hydrogens is 264 g/mol. The van der Waals surface area contributed by atoms with E-state index >= 15 is 0 Å². The number of nitrogens with zero attached hydrogens (tertiary/aromatic N) is 1. The van der Waals surface area contributed by atoms with Crippen molar-refractivity contribution in [3.8, 4) is 0 Å². The van der Waals surface area contributed by atoms with Gasteiger partial charge in [-0.3, -0.25) is 4.79 Å². The molecule has 0 bridgehead atoms. The molecule has 0 aliphatic heterocycles. The van der Waals surface area contributed by atoms with Crippen molar-refractivity contribution in [2.24, 2.45) is 0 Å². The molecule has 1 atom stereocenters. The molecule has 1 aliphatic rings. The van der Waals surface area contributed by atoms with Crippen LogP contribution >= 0.6 is 0 Å². The van der Waals surface area contributed by atoms with Crippen LogP contribution < -0.4 is 5.32 Å². The van der Waals surface area contributed by atoms with Crippen molar-refractivity contribution in [3.05, 3.63) is 0 Å². The van der Waals surface area contributed by atoms with E-state index in [0.717, 1.165) is 32.5 Å². The minimum absolute atomic E-state index is 0.110. The fourth-order valence-electron chi connectivity index (χ4n) is 3.19. The van der Waals surface area contributed by atoms with Gasteiger partial charge < -0.3 is 15.0 Å². The number of rotatable bonds is 10. The maximum absolute atomic E-state index is 12.3. The number of ether oxygens (including phenoxy) is 1. The molecular formula is C17H34N2O2. The van der Waals surface area contributed by atoms with Gasteiger partial charge in [-0.15, -0.1) is 0 Å². The molecule has 21 heavy (non-hydrogen) atoms. The first-order chi connectivity index (χ1) is 10.1. The summed E-state index contributed by atoms with van der Waals surface area (Å²) in [7, 11) is 0. The van der Waals surface area contributed by atoms with Gasteiger partial charge in [0, 0.05) is 12.6 Å². The van der Waals surface area contributed by atoms with E-state index in [2.05, 4.69) is 24.1 Å². The van der Waals surface area contributed by atoms with Crippen molar-refractivity contribution in [2.75, 3.05) is 26.2 Å². The van der Waals surface area contributed by atoms with Crippen LogP contribution in [-0.4, -0.2) is 48.7 Å². The second-order valence-corrected chi connectivity index (χ2v) is 6.30. The molecule has 0 aromatic heterocycles. The lowest BCUT2D eigenvalue weighted by atomic mass is 9.96. The Hall–Kier alpha value is -0.610. The third-order valence-corrected chi connectivity index (χ3v) is 4.64. The topological polar surface area (TPSA) is 41.6 Å². The average Bonchev–Trinajstić information content (AvgIpc) is 3.00. The minimum Gasteiger partial charge on any atom is -0.465 e. The van der Waals surface area contributed by atoms with Crippen LogP contribution in [0.15, 0.2) is 0 Å². The van der Waals surface area contributed by atoms with Crippen LogP contribution in [0.25, 0.3) is 0 Å². The lowest BCUT2D eigenvalue weighted by Gasteiger charge is -2.33. The summed E-state index contributed by atoms with van der Waals surface area (Å²) < 4.78 is 5.28. The predicted octanol–water partition coefficient (Wildman–Crippen LogP) is 2.96. The van der Waals surface area contributed by atoms with Gasteiger partial charge in [0.1, 0.15) is 5.54 Å². The summed E-state index contributed by atoms with van der Waals surface area (Å²) in [4.78, 5) is 14.8. The molecule has 1 aliphatic carbocycles. The largest absolute Gasteiger partial charge is 0.465 e. The van der Waals surface area contributed by atoms with Crippen LogP contribution in [0.3, 0.4) is 0 Å². The Morgan fingerprint density at radius 1 is 1.29 bits per heavy atom. The molecule has 0 heterocycles. The van der Waals surface area contributed by atoms with Gasteiger partial charge in [0.05, 0.1) is 6.61 Å². The van der Waals surface area contributed by atoms with Crippen LogP contribution in [0.1, 0.15) is 66.2 Å². The highest BCUT2D eigenvalue weighted by atomic mass is 16.5. The van der Waals surface area contributed by atoms with E-state index in [9.17, 15) is 4.79 Å². The summed E-state index contributed by atoms with van der Waals surface area (Å²) in [6.45, 7) is 11.5. The molecule has 0 aromatic rings. The van der Waals surface area contributed by atoms with Crippen LogP contribution in [0, 0.1) is 0 Å². The molecule has 0 aromatic carbocycles. The van der Waals surface area contributed by atoms with Crippen molar-refractivity contribution in [1.29, 1.82) is 0 Å². The second-order valence-electron chi connectivity index (χ2n) is 6.30. The Morgan fingerprint density at radius 3 is 2.48 bits per heavy atom. The Bertz CT molecular complexity index is 303. The monoisotopic (exact) mass is 298 g/mol. The number of hydrogen-bond acceptors (Lipinski definition) is 4. The normalized spacial score (nSPS) is 18.9. The van der Waals surface area contributed by atoms with Gasteiger partial charge in [-0.1, -0.05) is 26.7 Å². The van der Waals surface area contributed by atoms with E-state index in [1.54, 1.807) is 0 Å². The zero-order valence-corrected chi connectivity index (χ0v) is 14.4. The first-order valence-corrected chi connectivity index (χ1v) is 8.73. The molecule has 1 fully saturated rings. The Morgan fingerprint density at radius 2 is 1.95 bits per heavy atom. The standard InChI is InChI=1S/C17H34N2O2/c1-5-13-18-17(4,16(20)21-7-3)12-14-19(6-2)15-10-8-9-11-15/h15,18H,5-14H2,1-4H3. The van der Waals surface area contributed by atoms with Gasteiger partial charge >= 0.3 is 5.97 Å². The Labute approximate surface area is 130 Å². The highest BCUT2D eigenvalue weighted by Gasteiger charge is 2.35. The van der Waals surface area contributed by atoms with Crippen molar-refractivity contribution in [2.45, 2.75) is 77.8 Å². The fraction of sp³-hybridized carbons (Fsp3) is 0.941. The van der Waals surface area contributed by atoms with Gasteiger partial charge in [-0.2, -0.15) is 0 Å². The molecule has 0 saturated heterocycles. The summed E-state index contributed by atoms with van der Waals surface area (Å²) in [5, 5.41) is 3.40. The first-order valence-electron chi connectivity index (χ1n) is 8.73. The molecule has 0 radical (unpaired) electrons. The zero-order chi connectivity index (χ0) is 15.7. The molecule has 0 amide bonds. The van der Waals surface area contributed by atoms with E-state index in [0.29, 0.717) is 12.6 Å². The summed E-state index contributed by atoms with van der Waals surface area (Å²) in [6, 6.07) is 0.715. The van der Waals surface area contributed by atoms with Crippen LogP contribution in [0.4, 0.5) is 0 Å². The zero-order valence-electron chi connectivity index (χ0n) is 14.4. The Balaban J connectivity index is 2.59. The summed E-state index contributed by atoms with van der Waals surface area (Å²) >= 11 is 0. The summed E-state index contributed by atoms with van der Waals surface area (Å²) in [5.74, 6) is -0.110. The highest BCUT2D eigenvalue weighted by molar-refractivity contribution is 5.80. The van der Waals surface area contributed by atoms with Crippen LogP contribution in [-0.2, 0) is 9.53 Å². The predicted molar refractivity (Wildman–Crippen MR) is 87.5 cm³/mol. The molecule has 4 nitrogen and oxygen atoms in total. The molecule has 4 heteroatoms. The van der Waals surface area contributed by atoms with Crippen LogP contribution in [0.5, 0.6) is 0 Å². The second kappa shape index (κ2) is 9.42. The molecule has 124 valence electrons. The number of carbonyl (C=O) groups excluding carboxylic acids is 1. The quantitative estimate of drug-likeness (QED) is 0.630. The van der Waals surface area contributed by atoms with Gasteiger partial charge in [-0.05, 0) is 52.6 Å². The first kappa shape index (κ1) is 18.4. The lowest BCUT2D eigenvalue weighted by Crippen LogP contribution is -2.53. The molecule has 0 spiro atoms. The van der Waals surface area contributed by atoms with Crippen molar-refractivity contribution < 1.29 is 9.53 Å². The molecule has 1 saturated carbocycles.